The van der Waals surface area contributed by atoms with Crippen LogP contribution in [0.2, 0.25) is 0 Å². The summed E-state index contributed by atoms with van der Waals surface area (Å²) in [5.41, 5.74) is 3.81. The monoisotopic (exact) mass is 555 g/mol. The predicted octanol–water partition coefficient (Wildman–Crippen LogP) is 4.39. The summed E-state index contributed by atoms with van der Waals surface area (Å²) in [7, 11) is 7.03. The molecule has 0 saturated carbocycles. The van der Waals surface area contributed by atoms with Crippen molar-refractivity contribution in [1.82, 2.24) is 29.3 Å². The number of carbonyl (C=O) groups excluding carboxylic acids is 1. The van der Waals surface area contributed by atoms with Gasteiger partial charge >= 0.3 is 6.18 Å². The van der Waals surface area contributed by atoms with Crippen molar-refractivity contribution in [2.45, 2.75) is 26.1 Å². The lowest BCUT2D eigenvalue weighted by Crippen LogP contribution is -2.26. The Bertz CT molecular complexity index is 1530. The highest BCUT2D eigenvalue weighted by Gasteiger charge is 2.30. The Kier molecular flexibility index (Phi) is 8.29. The summed E-state index contributed by atoms with van der Waals surface area (Å²) >= 11 is 0. The lowest BCUT2D eigenvalue weighted by atomic mass is 10.0. The summed E-state index contributed by atoms with van der Waals surface area (Å²) < 4.78 is 39.9. The number of carbonyl (C=O) groups is 1. The number of phenolic OH excluding ortho intramolecular Hbond substituents is 1. The molecule has 40 heavy (non-hydrogen) atoms. The Morgan fingerprint density at radius 2 is 1.80 bits per heavy atom. The zero-order chi connectivity index (χ0) is 29.2. The van der Waals surface area contributed by atoms with Gasteiger partial charge in [0, 0.05) is 38.8 Å². The van der Waals surface area contributed by atoms with Crippen molar-refractivity contribution in [1.29, 1.82) is 0 Å². The van der Waals surface area contributed by atoms with E-state index in [0.717, 1.165) is 24.5 Å². The van der Waals surface area contributed by atoms with E-state index in [1.165, 1.54) is 34.8 Å². The van der Waals surface area contributed by atoms with Crippen LogP contribution in [-0.4, -0.2) is 80.7 Å². The van der Waals surface area contributed by atoms with E-state index in [2.05, 4.69) is 20.2 Å². The maximum atomic E-state index is 13.6. The van der Waals surface area contributed by atoms with Gasteiger partial charge in [0.1, 0.15) is 18.0 Å². The fraction of sp³-hybridized carbons (Fsp3) is 0.357. The Labute approximate surface area is 230 Å². The highest BCUT2D eigenvalue weighted by molar-refractivity contribution is 6.07. The van der Waals surface area contributed by atoms with Gasteiger partial charge < -0.3 is 24.8 Å². The van der Waals surface area contributed by atoms with Crippen LogP contribution in [0.4, 0.5) is 18.9 Å². The number of aryl methyl sites for hydroxylation is 2. The second-order valence-electron chi connectivity index (χ2n) is 10.0. The molecule has 2 N–H and O–H groups in total. The van der Waals surface area contributed by atoms with Crippen LogP contribution in [0.5, 0.6) is 5.75 Å². The SMILES string of the molecule is Cc1nc(-c2cc(C(=O)N(C)Cc3cn(C)c(CC(F)(F)F)n3)c3cc(O)ccc3n2)ccc1NCCN(C)C. The number of imidazole rings is 1. The fourth-order valence-corrected chi connectivity index (χ4v) is 4.34. The van der Waals surface area contributed by atoms with E-state index < -0.39 is 18.5 Å². The molecule has 0 aliphatic rings. The normalized spacial score (nSPS) is 11.8. The first-order chi connectivity index (χ1) is 18.8. The number of pyridine rings is 2. The van der Waals surface area contributed by atoms with Gasteiger partial charge in [0.15, 0.2) is 0 Å². The second kappa shape index (κ2) is 11.5. The molecule has 0 atom stereocenters. The Balaban J connectivity index is 1.65. The number of aromatic hydroxyl groups is 1. The predicted molar refractivity (Wildman–Crippen MR) is 147 cm³/mol. The van der Waals surface area contributed by atoms with E-state index in [9.17, 15) is 23.1 Å². The standard InChI is InChI=1S/C28H32F3N7O2/c1-17-22(32-10-11-36(2)3)8-9-24(33-17)25-13-21(20-12-19(39)6-7-23(20)35-25)27(40)38(5)16-18-15-37(4)26(34-18)14-28(29,30)31/h6-9,12-13,15,32,39H,10-11,14,16H2,1-5H3. The van der Waals surface area contributed by atoms with Crippen molar-refractivity contribution in [3.63, 3.8) is 0 Å². The number of nitrogens with zero attached hydrogens (tertiary/aromatic N) is 6. The quantitative estimate of drug-likeness (QED) is 0.316. The first kappa shape index (κ1) is 28.8. The van der Waals surface area contributed by atoms with Gasteiger partial charge in [-0.1, -0.05) is 0 Å². The van der Waals surface area contributed by atoms with Gasteiger partial charge in [0.2, 0.25) is 0 Å². The van der Waals surface area contributed by atoms with Crippen molar-refractivity contribution < 1.29 is 23.1 Å². The second-order valence-corrected chi connectivity index (χ2v) is 10.0. The molecule has 0 fully saturated rings. The molecule has 3 heterocycles. The van der Waals surface area contributed by atoms with Crippen molar-refractivity contribution in [3.8, 4) is 17.1 Å². The Morgan fingerprint density at radius 3 is 2.48 bits per heavy atom. The number of halogens is 3. The molecule has 9 nitrogen and oxygen atoms in total. The topological polar surface area (TPSA) is 99.4 Å². The number of hydrogen-bond acceptors (Lipinski definition) is 7. The molecule has 0 aliphatic heterocycles. The largest absolute Gasteiger partial charge is 0.508 e. The first-order valence-electron chi connectivity index (χ1n) is 12.6. The molecule has 1 aromatic carbocycles. The van der Waals surface area contributed by atoms with Crippen LogP contribution < -0.4 is 5.32 Å². The van der Waals surface area contributed by atoms with Gasteiger partial charge in [0.25, 0.3) is 5.91 Å². The fourth-order valence-electron chi connectivity index (χ4n) is 4.34. The molecule has 1 amide bonds. The smallest absolute Gasteiger partial charge is 0.396 e. The van der Waals surface area contributed by atoms with Crippen molar-refractivity contribution in [3.05, 3.63) is 65.4 Å². The minimum absolute atomic E-state index is 0.00678. The van der Waals surface area contributed by atoms with Crippen LogP contribution in [-0.2, 0) is 20.0 Å². The molecule has 0 unspecified atom stereocenters. The van der Waals surface area contributed by atoms with Crippen LogP contribution in [0.15, 0.2) is 42.6 Å². The number of benzene rings is 1. The molecule has 0 aliphatic carbocycles. The zero-order valence-electron chi connectivity index (χ0n) is 23.0. The first-order valence-corrected chi connectivity index (χ1v) is 12.6. The number of hydrogen-bond donors (Lipinski definition) is 2. The van der Waals surface area contributed by atoms with Crippen LogP contribution >= 0.6 is 0 Å². The number of aromatic nitrogens is 4. The van der Waals surface area contributed by atoms with Gasteiger partial charge in [-0.05, 0) is 57.4 Å². The van der Waals surface area contributed by atoms with Gasteiger partial charge in [-0.25, -0.2) is 15.0 Å². The van der Waals surface area contributed by atoms with Crippen molar-refractivity contribution in [2.24, 2.45) is 7.05 Å². The number of anilines is 1. The average Bonchev–Trinajstić information content (AvgIpc) is 3.20. The molecule has 4 rings (SSSR count). The van der Waals surface area contributed by atoms with E-state index in [4.69, 9.17) is 4.98 Å². The molecule has 0 spiro atoms. The minimum atomic E-state index is -4.39. The maximum absolute atomic E-state index is 13.6. The summed E-state index contributed by atoms with van der Waals surface area (Å²) in [6, 6.07) is 9.94. The van der Waals surface area contributed by atoms with E-state index in [0.29, 0.717) is 28.0 Å². The van der Waals surface area contributed by atoms with Crippen LogP contribution in [0.3, 0.4) is 0 Å². The summed E-state index contributed by atoms with van der Waals surface area (Å²) in [5.74, 6) is -0.561. The van der Waals surface area contributed by atoms with Crippen molar-refractivity contribution in [2.75, 3.05) is 39.5 Å². The van der Waals surface area contributed by atoms with Crippen LogP contribution in [0.25, 0.3) is 22.3 Å². The molecule has 0 saturated heterocycles. The lowest BCUT2D eigenvalue weighted by Gasteiger charge is -2.18. The summed E-state index contributed by atoms with van der Waals surface area (Å²) in [6.07, 6.45) is -4.07. The van der Waals surface area contributed by atoms with Crippen LogP contribution in [0.1, 0.15) is 27.6 Å². The molecular formula is C28H32F3N7O2. The number of phenols is 1. The average molecular weight is 556 g/mol. The van der Waals surface area contributed by atoms with E-state index >= 15 is 0 Å². The van der Waals surface area contributed by atoms with E-state index in [1.54, 1.807) is 19.2 Å². The Hall–Kier alpha value is -4.19. The third kappa shape index (κ3) is 6.87. The number of likely N-dealkylation sites (N-methyl/N-ethyl adjacent to an activating group) is 1. The third-order valence-corrected chi connectivity index (χ3v) is 6.37. The number of rotatable bonds is 9. The van der Waals surface area contributed by atoms with Crippen LogP contribution in [0, 0.1) is 6.92 Å². The lowest BCUT2D eigenvalue weighted by molar-refractivity contribution is -0.128. The van der Waals surface area contributed by atoms with Gasteiger partial charge in [-0.15, -0.1) is 0 Å². The molecule has 4 aromatic rings. The highest BCUT2D eigenvalue weighted by Crippen LogP contribution is 2.29. The summed E-state index contributed by atoms with van der Waals surface area (Å²) in [5, 5.41) is 13.9. The summed E-state index contributed by atoms with van der Waals surface area (Å²) in [6.45, 7) is 3.50. The molecule has 212 valence electrons. The maximum Gasteiger partial charge on any atom is 0.396 e. The zero-order valence-corrected chi connectivity index (χ0v) is 23.0. The van der Waals surface area contributed by atoms with Gasteiger partial charge in [-0.2, -0.15) is 13.2 Å². The Morgan fingerprint density at radius 1 is 1.05 bits per heavy atom. The van der Waals surface area contributed by atoms with E-state index in [1.807, 2.05) is 33.2 Å². The summed E-state index contributed by atoms with van der Waals surface area (Å²) in [4.78, 5) is 30.6. The number of fused-ring (bicyclic) bond motifs is 1. The molecular weight excluding hydrogens is 523 g/mol. The number of alkyl halides is 3. The molecule has 3 aromatic heterocycles. The molecule has 0 radical (unpaired) electrons. The van der Waals surface area contributed by atoms with Gasteiger partial charge in [0.05, 0.1) is 46.1 Å². The number of amides is 1. The minimum Gasteiger partial charge on any atom is -0.508 e. The third-order valence-electron chi connectivity index (χ3n) is 6.37. The van der Waals surface area contributed by atoms with E-state index in [-0.39, 0.29) is 23.7 Å². The van der Waals surface area contributed by atoms with Gasteiger partial charge in [-0.3, -0.25) is 4.79 Å². The molecule has 0 bridgehead atoms. The number of nitrogens with one attached hydrogen (secondary N) is 1. The highest BCUT2D eigenvalue weighted by atomic mass is 19.4. The molecule has 12 heteroatoms. The van der Waals surface area contributed by atoms with Crippen molar-refractivity contribution >= 4 is 22.5 Å².